The van der Waals surface area contributed by atoms with Gasteiger partial charge in [0, 0.05) is 24.4 Å². The Kier molecular flexibility index (Phi) is 3.76. The highest BCUT2D eigenvalue weighted by molar-refractivity contribution is 6.33. The fourth-order valence-electron chi connectivity index (χ4n) is 1.65. The van der Waals surface area contributed by atoms with E-state index in [1.54, 1.807) is 0 Å². The van der Waals surface area contributed by atoms with E-state index < -0.39 is 17.4 Å². The summed E-state index contributed by atoms with van der Waals surface area (Å²) in [5.41, 5.74) is 5.94. The van der Waals surface area contributed by atoms with Crippen LogP contribution in [0.1, 0.15) is 15.9 Å². The van der Waals surface area contributed by atoms with Crippen molar-refractivity contribution in [3.8, 4) is 0 Å². The lowest BCUT2D eigenvalue weighted by Gasteiger charge is -2.07. The molecule has 0 aliphatic rings. The number of Topliss-reactive ketones (excluding diaryl/α,β-unsaturated/α-hetero) is 1. The molecule has 1 aromatic heterocycles. The lowest BCUT2D eigenvalue weighted by molar-refractivity contribution is 0.0992. The van der Waals surface area contributed by atoms with Crippen molar-refractivity contribution in [2.24, 2.45) is 0 Å². The predicted molar refractivity (Wildman–Crippen MR) is 68.1 cm³/mol. The fraction of sp³-hybridized carbons (Fsp3) is 0.0769. The van der Waals surface area contributed by atoms with Gasteiger partial charge in [-0.25, -0.2) is 13.8 Å². The van der Waals surface area contributed by atoms with Crippen LogP contribution in [0.15, 0.2) is 30.5 Å². The zero-order valence-electron chi connectivity index (χ0n) is 9.66. The number of nitrogen functional groups attached to an aromatic ring is 1. The van der Waals surface area contributed by atoms with E-state index >= 15 is 0 Å². The molecule has 3 nitrogen and oxygen atoms in total. The van der Waals surface area contributed by atoms with Crippen LogP contribution in [-0.4, -0.2) is 10.8 Å². The molecular weight excluding hydrogens is 274 g/mol. The molecule has 0 spiro atoms. The molecule has 0 aliphatic heterocycles. The molecule has 1 aromatic carbocycles. The van der Waals surface area contributed by atoms with Gasteiger partial charge in [0.15, 0.2) is 5.78 Å². The van der Waals surface area contributed by atoms with Gasteiger partial charge in [-0.1, -0.05) is 17.7 Å². The minimum atomic E-state index is -0.785. The molecule has 2 N–H and O–H groups in total. The highest BCUT2D eigenvalue weighted by Gasteiger charge is 2.17. The van der Waals surface area contributed by atoms with Gasteiger partial charge in [-0.15, -0.1) is 0 Å². The standard InChI is InChI=1S/C13H9ClF2N2O/c14-13-12(10(17)3-4-18-13)11(19)5-7-1-2-8(15)6-9(7)16/h1-4,6H,5H2,(H2,17,18). The van der Waals surface area contributed by atoms with Crippen molar-refractivity contribution in [2.45, 2.75) is 6.42 Å². The van der Waals surface area contributed by atoms with Crippen LogP contribution < -0.4 is 5.73 Å². The third-order valence-electron chi connectivity index (χ3n) is 2.58. The van der Waals surface area contributed by atoms with Crippen LogP contribution in [0, 0.1) is 11.6 Å². The van der Waals surface area contributed by atoms with E-state index in [-0.39, 0.29) is 28.4 Å². The Labute approximate surface area is 113 Å². The lowest BCUT2D eigenvalue weighted by Crippen LogP contribution is -2.10. The second kappa shape index (κ2) is 5.32. The average molecular weight is 283 g/mol. The summed E-state index contributed by atoms with van der Waals surface area (Å²) >= 11 is 5.79. The number of anilines is 1. The molecule has 0 aliphatic carbocycles. The molecule has 2 rings (SSSR count). The van der Waals surface area contributed by atoms with E-state index in [0.29, 0.717) is 0 Å². The smallest absolute Gasteiger partial charge is 0.172 e. The summed E-state index contributed by atoms with van der Waals surface area (Å²) in [5, 5.41) is -0.0347. The first-order valence-corrected chi connectivity index (χ1v) is 5.74. The Bertz CT molecular complexity index is 626. The van der Waals surface area contributed by atoms with E-state index in [4.69, 9.17) is 17.3 Å². The van der Waals surface area contributed by atoms with Crippen LogP contribution in [0.3, 0.4) is 0 Å². The lowest BCUT2D eigenvalue weighted by atomic mass is 10.0. The molecule has 0 saturated heterocycles. The van der Waals surface area contributed by atoms with Crippen molar-refractivity contribution >= 4 is 23.1 Å². The highest BCUT2D eigenvalue weighted by atomic mass is 35.5. The molecular formula is C13H9ClF2N2O. The van der Waals surface area contributed by atoms with E-state index in [1.165, 1.54) is 18.3 Å². The quantitative estimate of drug-likeness (QED) is 0.695. The minimum Gasteiger partial charge on any atom is -0.398 e. The zero-order chi connectivity index (χ0) is 14.0. The largest absolute Gasteiger partial charge is 0.398 e. The first kappa shape index (κ1) is 13.4. The second-order valence-electron chi connectivity index (χ2n) is 3.90. The summed E-state index contributed by atoms with van der Waals surface area (Å²) in [6.07, 6.45) is 1.11. The van der Waals surface area contributed by atoms with Gasteiger partial charge in [0.25, 0.3) is 0 Å². The normalized spacial score (nSPS) is 10.5. The molecule has 1 heterocycles. The van der Waals surface area contributed by atoms with Gasteiger partial charge < -0.3 is 5.73 Å². The van der Waals surface area contributed by atoms with Gasteiger partial charge in [-0.3, -0.25) is 4.79 Å². The Morgan fingerprint density at radius 1 is 1.32 bits per heavy atom. The van der Waals surface area contributed by atoms with Crippen LogP contribution in [-0.2, 0) is 6.42 Å². The van der Waals surface area contributed by atoms with Crippen LogP contribution in [0.5, 0.6) is 0 Å². The number of hydrogen-bond donors (Lipinski definition) is 1. The molecule has 0 amide bonds. The van der Waals surface area contributed by atoms with E-state index in [2.05, 4.69) is 4.98 Å². The van der Waals surface area contributed by atoms with E-state index in [1.807, 2.05) is 0 Å². The molecule has 2 aromatic rings. The zero-order valence-corrected chi connectivity index (χ0v) is 10.4. The van der Waals surface area contributed by atoms with Crippen LogP contribution >= 0.6 is 11.6 Å². The van der Waals surface area contributed by atoms with Crippen LogP contribution in [0.4, 0.5) is 14.5 Å². The van der Waals surface area contributed by atoms with Gasteiger partial charge in [-0.05, 0) is 17.7 Å². The number of halogens is 3. The number of carbonyl (C=O) groups excluding carboxylic acids is 1. The molecule has 98 valence electrons. The highest BCUT2D eigenvalue weighted by Crippen LogP contribution is 2.22. The maximum absolute atomic E-state index is 13.5. The predicted octanol–water partition coefficient (Wildman–Crippen LogP) is 3.02. The van der Waals surface area contributed by atoms with Crippen molar-refractivity contribution in [1.29, 1.82) is 0 Å². The molecule has 6 heteroatoms. The minimum absolute atomic E-state index is 0.0347. The van der Waals surface area contributed by atoms with Crippen LogP contribution in [0.2, 0.25) is 5.15 Å². The van der Waals surface area contributed by atoms with Crippen LogP contribution in [0.25, 0.3) is 0 Å². The maximum atomic E-state index is 13.5. The van der Waals surface area contributed by atoms with Crippen molar-refractivity contribution in [1.82, 2.24) is 4.98 Å². The van der Waals surface area contributed by atoms with Gasteiger partial charge in [0.1, 0.15) is 16.8 Å². The number of ketones is 1. The number of carbonyl (C=O) groups is 1. The third-order valence-corrected chi connectivity index (χ3v) is 2.87. The summed E-state index contributed by atoms with van der Waals surface area (Å²) in [4.78, 5) is 15.8. The summed E-state index contributed by atoms with van der Waals surface area (Å²) in [7, 11) is 0. The number of nitrogens with zero attached hydrogens (tertiary/aromatic N) is 1. The maximum Gasteiger partial charge on any atom is 0.172 e. The van der Waals surface area contributed by atoms with Crippen molar-refractivity contribution in [3.63, 3.8) is 0 Å². The fourth-order valence-corrected chi connectivity index (χ4v) is 1.92. The summed E-state index contributed by atoms with van der Waals surface area (Å²) < 4.78 is 26.2. The molecule has 0 atom stereocenters. The average Bonchev–Trinajstić information content (AvgIpc) is 2.32. The second-order valence-corrected chi connectivity index (χ2v) is 4.26. The number of rotatable bonds is 3. The Balaban J connectivity index is 2.31. The topological polar surface area (TPSA) is 56.0 Å². The first-order chi connectivity index (χ1) is 8.99. The Hall–Kier alpha value is -2.01. The summed E-state index contributed by atoms with van der Waals surface area (Å²) in [6.45, 7) is 0. The molecule has 0 unspecified atom stereocenters. The third kappa shape index (κ3) is 2.88. The van der Waals surface area contributed by atoms with Crippen molar-refractivity contribution in [2.75, 3.05) is 5.73 Å². The Morgan fingerprint density at radius 3 is 2.68 bits per heavy atom. The monoisotopic (exact) mass is 282 g/mol. The number of aromatic nitrogens is 1. The summed E-state index contributed by atoms with van der Waals surface area (Å²) in [6, 6.07) is 4.44. The van der Waals surface area contributed by atoms with E-state index in [0.717, 1.165) is 12.1 Å². The molecule has 0 radical (unpaired) electrons. The number of benzene rings is 1. The molecule has 0 bridgehead atoms. The molecule has 19 heavy (non-hydrogen) atoms. The van der Waals surface area contributed by atoms with Gasteiger partial charge in [0.2, 0.25) is 0 Å². The Morgan fingerprint density at radius 2 is 2.05 bits per heavy atom. The summed E-state index contributed by atoms with van der Waals surface area (Å²) in [5.74, 6) is -1.96. The SMILES string of the molecule is Nc1ccnc(Cl)c1C(=O)Cc1ccc(F)cc1F. The van der Waals surface area contributed by atoms with Crippen molar-refractivity contribution < 1.29 is 13.6 Å². The van der Waals surface area contributed by atoms with Gasteiger partial charge >= 0.3 is 0 Å². The van der Waals surface area contributed by atoms with Gasteiger partial charge in [0.05, 0.1) is 5.56 Å². The first-order valence-electron chi connectivity index (χ1n) is 5.36. The molecule has 0 fully saturated rings. The molecule has 0 saturated carbocycles. The number of hydrogen-bond acceptors (Lipinski definition) is 3. The van der Waals surface area contributed by atoms with Gasteiger partial charge in [-0.2, -0.15) is 0 Å². The van der Waals surface area contributed by atoms with Crippen molar-refractivity contribution in [3.05, 3.63) is 58.4 Å². The number of pyridine rings is 1. The van der Waals surface area contributed by atoms with E-state index in [9.17, 15) is 13.6 Å². The number of nitrogens with two attached hydrogens (primary N) is 1.